The summed E-state index contributed by atoms with van der Waals surface area (Å²) in [7, 11) is 4.09. The molecule has 1 atom stereocenters. The number of carbonyl (C=O) groups is 1. The standard InChI is InChI=1S/C18H30N4O/c1-4-21-10-12-22(13-11-21)18(23)19-17(15-20(2)3)14-16-8-6-5-7-9-16/h5-9,17H,4,10-15H2,1-3H3,(H,19,23). The van der Waals surface area contributed by atoms with Crippen molar-refractivity contribution in [2.75, 3.05) is 53.4 Å². The third-order valence-corrected chi connectivity index (χ3v) is 4.34. The van der Waals surface area contributed by atoms with Crippen LogP contribution in [0.1, 0.15) is 12.5 Å². The molecular weight excluding hydrogens is 288 g/mol. The van der Waals surface area contributed by atoms with Crippen LogP contribution in [0.4, 0.5) is 4.79 Å². The van der Waals surface area contributed by atoms with Crippen LogP contribution >= 0.6 is 0 Å². The summed E-state index contributed by atoms with van der Waals surface area (Å²) < 4.78 is 0. The van der Waals surface area contributed by atoms with E-state index in [0.29, 0.717) is 0 Å². The van der Waals surface area contributed by atoms with Crippen LogP contribution in [0.25, 0.3) is 0 Å². The number of urea groups is 1. The average molecular weight is 318 g/mol. The minimum Gasteiger partial charge on any atom is -0.334 e. The van der Waals surface area contributed by atoms with Crippen molar-refractivity contribution in [2.24, 2.45) is 0 Å². The van der Waals surface area contributed by atoms with E-state index in [1.807, 2.05) is 37.2 Å². The van der Waals surface area contributed by atoms with Gasteiger partial charge in [0, 0.05) is 38.8 Å². The first kappa shape index (κ1) is 17.8. The van der Waals surface area contributed by atoms with Crippen molar-refractivity contribution in [3.63, 3.8) is 0 Å². The predicted molar refractivity (Wildman–Crippen MR) is 94.7 cm³/mol. The van der Waals surface area contributed by atoms with Gasteiger partial charge < -0.3 is 20.0 Å². The fourth-order valence-corrected chi connectivity index (χ4v) is 3.03. The first-order valence-corrected chi connectivity index (χ1v) is 8.55. The molecule has 1 unspecified atom stereocenters. The summed E-state index contributed by atoms with van der Waals surface area (Å²) in [5, 5.41) is 3.23. The van der Waals surface area contributed by atoms with Crippen molar-refractivity contribution < 1.29 is 4.79 Å². The molecule has 0 spiro atoms. The number of nitrogens with one attached hydrogen (secondary N) is 1. The molecule has 0 radical (unpaired) electrons. The lowest BCUT2D eigenvalue weighted by Crippen LogP contribution is -2.54. The normalized spacial score (nSPS) is 17.3. The van der Waals surface area contributed by atoms with Crippen LogP contribution in [0.3, 0.4) is 0 Å². The van der Waals surface area contributed by atoms with E-state index < -0.39 is 0 Å². The van der Waals surface area contributed by atoms with Gasteiger partial charge in [0.25, 0.3) is 0 Å². The Labute approximate surface area is 140 Å². The van der Waals surface area contributed by atoms with Crippen LogP contribution in [0, 0.1) is 0 Å². The average Bonchev–Trinajstić information content (AvgIpc) is 2.55. The summed E-state index contributed by atoms with van der Waals surface area (Å²) in [4.78, 5) is 19.0. The van der Waals surface area contributed by atoms with E-state index in [4.69, 9.17) is 0 Å². The van der Waals surface area contributed by atoms with Gasteiger partial charge in [-0.2, -0.15) is 0 Å². The summed E-state index contributed by atoms with van der Waals surface area (Å²) >= 11 is 0. The predicted octanol–water partition coefficient (Wildman–Crippen LogP) is 1.51. The molecule has 0 aromatic heterocycles. The Hall–Kier alpha value is -1.59. The van der Waals surface area contributed by atoms with E-state index in [0.717, 1.165) is 45.7 Å². The van der Waals surface area contributed by atoms with E-state index in [9.17, 15) is 4.79 Å². The topological polar surface area (TPSA) is 38.8 Å². The number of rotatable bonds is 6. The highest BCUT2D eigenvalue weighted by Gasteiger charge is 2.22. The highest BCUT2D eigenvalue weighted by Crippen LogP contribution is 2.06. The Bertz CT molecular complexity index is 469. The van der Waals surface area contributed by atoms with Crippen molar-refractivity contribution in [3.8, 4) is 0 Å². The Balaban J connectivity index is 1.90. The molecule has 23 heavy (non-hydrogen) atoms. The van der Waals surface area contributed by atoms with Crippen molar-refractivity contribution >= 4 is 6.03 Å². The lowest BCUT2D eigenvalue weighted by Gasteiger charge is -2.35. The van der Waals surface area contributed by atoms with E-state index in [-0.39, 0.29) is 12.1 Å². The van der Waals surface area contributed by atoms with Gasteiger partial charge in [-0.15, -0.1) is 0 Å². The number of benzene rings is 1. The molecule has 1 aromatic carbocycles. The first-order valence-electron chi connectivity index (χ1n) is 8.55. The molecule has 0 saturated carbocycles. The first-order chi connectivity index (χ1) is 11.1. The highest BCUT2D eigenvalue weighted by atomic mass is 16.2. The second kappa shape index (κ2) is 8.89. The molecule has 1 N–H and O–H groups in total. The zero-order valence-electron chi connectivity index (χ0n) is 14.7. The Morgan fingerprint density at radius 3 is 2.39 bits per heavy atom. The lowest BCUT2D eigenvalue weighted by atomic mass is 10.1. The fourth-order valence-electron chi connectivity index (χ4n) is 3.03. The largest absolute Gasteiger partial charge is 0.334 e. The van der Waals surface area contributed by atoms with Crippen molar-refractivity contribution in [1.29, 1.82) is 0 Å². The molecule has 1 aliphatic rings. The van der Waals surface area contributed by atoms with E-state index in [2.05, 4.69) is 34.2 Å². The quantitative estimate of drug-likeness (QED) is 0.864. The second-order valence-electron chi connectivity index (χ2n) is 6.52. The van der Waals surface area contributed by atoms with Crippen molar-refractivity contribution in [2.45, 2.75) is 19.4 Å². The van der Waals surface area contributed by atoms with Crippen LogP contribution in [-0.4, -0.2) is 80.1 Å². The third-order valence-electron chi connectivity index (χ3n) is 4.34. The maximum atomic E-state index is 12.6. The minimum atomic E-state index is 0.0727. The Morgan fingerprint density at radius 1 is 1.17 bits per heavy atom. The van der Waals surface area contributed by atoms with Gasteiger partial charge in [0.1, 0.15) is 0 Å². The highest BCUT2D eigenvalue weighted by molar-refractivity contribution is 5.74. The molecule has 0 aliphatic carbocycles. The number of carbonyl (C=O) groups excluding carboxylic acids is 1. The molecule has 5 nitrogen and oxygen atoms in total. The summed E-state index contributed by atoms with van der Waals surface area (Å²) in [5.41, 5.74) is 1.26. The summed E-state index contributed by atoms with van der Waals surface area (Å²) in [6.07, 6.45) is 0.861. The summed E-state index contributed by atoms with van der Waals surface area (Å²) in [6.45, 7) is 7.66. The van der Waals surface area contributed by atoms with Crippen molar-refractivity contribution in [3.05, 3.63) is 35.9 Å². The zero-order valence-corrected chi connectivity index (χ0v) is 14.7. The summed E-state index contributed by atoms with van der Waals surface area (Å²) in [5.74, 6) is 0. The van der Waals surface area contributed by atoms with Crippen LogP contribution in [0.2, 0.25) is 0 Å². The lowest BCUT2D eigenvalue weighted by molar-refractivity contribution is 0.139. The summed E-state index contributed by atoms with van der Waals surface area (Å²) in [6, 6.07) is 10.6. The minimum absolute atomic E-state index is 0.0727. The van der Waals surface area contributed by atoms with Crippen LogP contribution in [0.15, 0.2) is 30.3 Å². The van der Waals surface area contributed by atoms with Gasteiger partial charge in [-0.05, 0) is 32.6 Å². The van der Waals surface area contributed by atoms with E-state index in [1.165, 1.54) is 5.56 Å². The molecule has 1 fully saturated rings. The van der Waals surface area contributed by atoms with E-state index >= 15 is 0 Å². The van der Waals surface area contributed by atoms with Gasteiger partial charge in [-0.1, -0.05) is 37.3 Å². The molecular formula is C18H30N4O. The molecule has 1 aliphatic heterocycles. The van der Waals surface area contributed by atoms with Gasteiger partial charge in [0.05, 0.1) is 0 Å². The SMILES string of the molecule is CCN1CCN(C(=O)NC(Cc2ccccc2)CN(C)C)CC1. The number of hydrogen-bond acceptors (Lipinski definition) is 3. The molecule has 128 valence electrons. The fraction of sp³-hybridized carbons (Fsp3) is 0.611. The molecule has 5 heteroatoms. The number of likely N-dealkylation sites (N-methyl/N-ethyl adjacent to an activating group) is 2. The monoisotopic (exact) mass is 318 g/mol. The van der Waals surface area contributed by atoms with Gasteiger partial charge in [0.15, 0.2) is 0 Å². The van der Waals surface area contributed by atoms with E-state index in [1.54, 1.807) is 0 Å². The number of amides is 2. The van der Waals surface area contributed by atoms with Crippen LogP contribution in [-0.2, 0) is 6.42 Å². The maximum absolute atomic E-state index is 12.6. The second-order valence-corrected chi connectivity index (χ2v) is 6.52. The van der Waals surface area contributed by atoms with Crippen LogP contribution in [0.5, 0.6) is 0 Å². The zero-order chi connectivity index (χ0) is 16.7. The number of piperazine rings is 1. The molecule has 1 heterocycles. The van der Waals surface area contributed by atoms with Gasteiger partial charge in [0.2, 0.25) is 0 Å². The van der Waals surface area contributed by atoms with Gasteiger partial charge >= 0.3 is 6.03 Å². The van der Waals surface area contributed by atoms with Crippen molar-refractivity contribution in [1.82, 2.24) is 20.0 Å². The molecule has 1 aromatic rings. The molecule has 1 saturated heterocycles. The molecule has 2 rings (SSSR count). The molecule has 0 bridgehead atoms. The number of nitrogens with zero attached hydrogens (tertiary/aromatic N) is 3. The smallest absolute Gasteiger partial charge is 0.317 e. The van der Waals surface area contributed by atoms with Gasteiger partial charge in [-0.3, -0.25) is 0 Å². The third kappa shape index (κ3) is 5.84. The Morgan fingerprint density at radius 2 is 1.83 bits per heavy atom. The maximum Gasteiger partial charge on any atom is 0.317 e. The molecule has 2 amide bonds. The Kier molecular flexibility index (Phi) is 6.86. The van der Waals surface area contributed by atoms with Crippen LogP contribution < -0.4 is 5.32 Å². The number of hydrogen-bond donors (Lipinski definition) is 1. The van der Waals surface area contributed by atoms with Gasteiger partial charge in [-0.25, -0.2) is 4.79 Å².